The molecule has 0 saturated carbocycles. The zero-order valence-electron chi connectivity index (χ0n) is 15.4. The highest BCUT2D eigenvalue weighted by Gasteiger charge is 2.19. The quantitative estimate of drug-likeness (QED) is 0.510. The summed E-state index contributed by atoms with van der Waals surface area (Å²) >= 11 is 6.11. The van der Waals surface area contributed by atoms with Crippen molar-refractivity contribution in [3.05, 3.63) is 58.9 Å². The first kappa shape index (κ1) is 18.8. The topological polar surface area (TPSA) is 104 Å². The molecule has 3 heterocycles. The van der Waals surface area contributed by atoms with E-state index in [9.17, 15) is 9.65 Å². The lowest BCUT2D eigenvalue weighted by Gasteiger charge is -2.02. The molecule has 29 heavy (non-hydrogen) atoms. The summed E-state index contributed by atoms with van der Waals surface area (Å²) in [7, 11) is 0. The minimum absolute atomic E-state index is 0.105. The molecule has 1 N–H and O–H groups in total. The monoisotopic (exact) mass is 408 g/mol. The van der Waals surface area contributed by atoms with Gasteiger partial charge in [0.25, 0.3) is 5.89 Å². The number of nitrogens with zero attached hydrogens (tertiary/aromatic N) is 5. The van der Waals surface area contributed by atoms with Crippen molar-refractivity contribution in [3.63, 3.8) is 0 Å². The number of aromatic amines is 1. The molecule has 7 nitrogen and oxygen atoms in total. The van der Waals surface area contributed by atoms with Crippen molar-refractivity contribution in [1.82, 2.24) is 25.1 Å². The molecule has 1 aromatic carbocycles. The van der Waals surface area contributed by atoms with Crippen LogP contribution in [0.25, 0.3) is 34.2 Å². The van der Waals surface area contributed by atoms with Crippen LogP contribution in [0, 0.1) is 17.1 Å². The second kappa shape index (κ2) is 7.45. The van der Waals surface area contributed by atoms with E-state index in [1.807, 2.05) is 19.9 Å². The number of rotatable bonds is 4. The van der Waals surface area contributed by atoms with Crippen LogP contribution in [0.1, 0.15) is 31.3 Å². The van der Waals surface area contributed by atoms with Crippen molar-refractivity contribution < 1.29 is 8.91 Å². The number of H-pyrrole nitrogens is 1. The molecule has 0 atom stereocenters. The average Bonchev–Trinajstić information content (AvgIpc) is 3.36. The Hall–Kier alpha value is -3.57. The number of halogens is 2. The predicted molar refractivity (Wildman–Crippen MR) is 104 cm³/mol. The highest BCUT2D eigenvalue weighted by Crippen LogP contribution is 2.32. The van der Waals surface area contributed by atoms with Gasteiger partial charge in [-0.15, -0.1) is 0 Å². The van der Waals surface area contributed by atoms with E-state index in [0.29, 0.717) is 28.7 Å². The van der Waals surface area contributed by atoms with Gasteiger partial charge in [0.15, 0.2) is 11.5 Å². The molecule has 0 aliphatic heterocycles. The predicted octanol–water partition coefficient (Wildman–Crippen LogP) is 4.98. The van der Waals surface area contributed by atoms with Gasteiger partial charge >= 0.3 is 0 Å². The molecule has 0 radical (unpaired) electrons. The molecular weight excluding hydrogens is 395 g/mol. The molecule has 0 bridgehead atoms. The largest absolute Gasteiger partial charge is 0.337 e. The Balaban J connectivity index is 1.72. The van der Waals surface area contributed by atoms with Crippen molar-refractivity contribution >= 4 is 11.6 Å². The SMILES string of the molecule is CC(C)c1noc(-c2ccc(-c3[nH]c(-c4c(F)cccc4Cl)nc3C#N)cn2)n1. The molecule has 9 heteroatoms. The maximum Gasteiger partial charge on any atom is 0.276 e. The van der Waals surface area contributed by atoms with E-state index in [1.165, 1.54) is 12.1 Å². The number of aromatic nitrogens is 5. The van der Waals surface area contributed by atoms with Crippen LogP contribution in [0.4, 0.5) is 4.39 Å². The normalized spacial score (nSPS) is 11.0. The number of nitriles is 1. The third-order valence-electron chi connectivity index (χ3n) is 4.24. The van der Waals surface area contributed by atoms with E-state index in [-0.39, 0.29) is 28.0 Å². The fourth-order valence-corrected chi connectivity index (χ4v) is 3.00. The van der Waals surface area contributed by atoms with Gasteiger partial charge in [0.05, 0.1) is 16.3 Å². The molecule has 0 aliphatic rings. The van der Waals surface area contributed by atoms with Gasteiger partial charge in [-0.2, -0.15) is 10.2 Å². The second-order valence-corrected chi connectivity index (χ2v) is 6.97. The van der Waals surface area contributed by atoms with Crippen LogP contribution in [-0.4, -0.2) is 25.1 Å². The highest BCUT2D eigenvalue weighted by molar-refractivity contribution is 6.33. The molecule has 144 valence electrons. The number of pyridine rings is 1. The van der Waals surface area contributed by atoms with Crippen LogP contribution in [-0.2, 0) is 0 Å². The van der Waals surface area contributed by atoms with Gasteiger partial charge in [0, 0.05) is 17.7 Å². The Bertz CT molecular complexity index is 1200. The van der Waals surface area contributed by atoms with Crippen LogP contribution >= 0.6 is 11.6 Å². The number of hydrogen-bond acceptors (Lipinski definition) is 6. The zero-order valence-corrected chi connectivity index (χ0v) is 16.2. The highest BCUT2D eigenvalue weighted by atomic mass is 35.5. The van der Waals surface area contributed by atoms with E-state index in [4.69, 9.17) is 16.1 Å². The molecule has 3 aromatic heterocycles. The van der Waals surface area contributed by atoms with Crippen LogP contribution in [0.15, 0.2) is 41.1 Å². The van der Waals surface area contributed by atoms with E-state index in [1.54, 1.807) is 24.4 Å². The Labute approximate surface area is 170 Å². The summed E-state index contributed by atoms with van der Waals surface area (Å²) in [5.41, 5.74) is 1.72. The van der Waals surface area contributed by atoms with Crippen molar-refractivity contribution in [3.8, 4) is 40.3 Å². The Kier molecular flexibility index (Phi) is 4.82. The maximum atomic E-state index is 14.2. The smallest absolute Gasteiger partial charge is 0.276 e. The number of imidazole rings is 1. The Morgan fingerprint density at radius 2 is 2.03 bits per heavy atom. The summed E-state index contributed by atoms with van der Waals surface area (Å²) in [6, 6.07) is 9.78. The lowest BCUT2D eigenvalue weighted by molar-refractivity contribution is 0.418. The summed E-state index contributed by atoms with van der Waals surface area (Å²) in [5, 5.41) is 13.6. The van der Waals surface area contributed by atoms with Gasteiger partial charge in [-0.05, 0) is 24.3 Å². The van der Waals surface area contributed by atoms with Crippen LogP contribution < -0.4 is 0 Å². The van der Waals surface area contributed by atoms with Crippen molar-refractivity contribution in [1.29, 1.82) is 5.26 Å². The number of hydrogen-bond donors (Lipinski definition) is 1. The van der Waals surface area contributed by atoms with Gasteiger partial charge in [-0.25, -0.2) is 9.37 Å². The van der Waals surface area contributed by atoms with Gasteiger partial charge < -0.3 is 9.51 Å². The summed E-state index contributed by atoms with van der Waals surface area (Å²) in [6.45, 7) is 3.93. The van der Waals surface area contributed by atoms with Crippen molar-refractivity contribution in [2.45, 2.75) is 19.8 Å². The molecule has 4 aromatic rings. The second-order valence-electron chi connectivity index (χ2n) is 6.56. The minimum atomic E-state index is -0.534. The first-order chi connectivity index (χ1) is 14.0. The van der Waals surface area contributed by atoms with Gasteiger partial charge in [-0.3, -0.25) is 4.98 Å². The summed E-state index contributed by atoms with van der Waals surface area (Å²) in [6.07, 6.45) is 1.55. The third-order valence-corrected chi connectivity index (χ3v) is 4.55. The zero-order chi connectivity index (χ0) is 20.5. The first-order valence-corrected chi connectivity index (χ1v) is 9.10. The van der Waals surface area contributed by atoms with E-state index in [2.05, 4.69) is 25.1 Å². The van der Waals surface area contributed by atoms with Gasteiger partial charge in [0.2, 0.25) is 0 Å². The number of benzene rings is 1. The van der Waals surface area contributed by atoms with Crippen LogP contribution in [0.2, 0.25) is 5.02 Å². The van der Waals surface area contributed by atoms with E-state index >= 15 is 0 Å². The summed E-state index contributed by atoms with van der Waals surface area (Å²) in [5.74, 6) is 0.677. The molecule has 0 saturated heterocycles. The van der Waals surface area contributed by atoms with Crippen molar-refractivity contribution in [2.75, 3.05) is 0 Å². The minimum Gasteiger partial charge on any atom is -0.337 e. The Morgan fingerprint density at radius 1 is 1.21 bits per heavy atom. The molecular formula is C20H14ClFN6O. The molecule has 0 amide bonds. The molecule has 0 spiro atoms. The maximum absolute atomic E-state index is 14.2. The Morgan fingerprint density at radius 3 is 2.66 bits per heavy atom. The first-order valence-electron chi connectivity index (χ1n) is 8.72. The number of nitrogens with one attached hydrogen (secondary N) is 1. The molecule has 0 unspecified atom stereocenters. The molecule has 4 rings (SSSR count). The fraction of sp³-hybridized carbons (Fsp3) is 0.150. The van der Waals surface area contributed by atoms with Crippen LogP contribution in [0.5, 0.6) is 0 Å². The van der Waals surface area contributed by atoms with E-state index in [0.717, 1.165) is 0 Å². The molecule has 0 fully saturated rings. The lowest BCUT2D eigenvalue weighted by atomic mass is 10.1. The summed E-state index contributed by atoms with van der Waals surface area (Å²) < 4.78 is 19.5. The third kappa shape index (κ3) is 3.48. The van der Waals surface area contributed by atoms with Gasteiger partial charge in [-0.1, -0.05) is 36.7 Å². The average molecular weight is 409 g/mol. The lowest BCUT2D eigenvalue weighted by Crippen LogP contribution is -1.90. The standard InChI is InChI=1S/C20H14ClFN6O/c1-10(2)18-27-20(29-28-18)14-7-6-11(9-24-14)17-15(8-23)25-19(26-17)16-12(21)4-3-5-13(16)22/h3-7,9-10H,1-2H3,(H,25,26). The van der Waals surface area contributed by atoms with Gasteiger partial charge in [0.1, 0.15) is 23.4 Å². The summed E-state index contributed by atoms with van der Waals surface area (Å²) in [4.78, 5) is 15.8. The van der Waals surface area contributed by atoms with Crippen molar-refractivity contribution in [2.24, 2.45) is 0 Å². The van der Waals surface area contributed by atoms with Crippen LogP contribution in [0.3, 0.4) is 0 Å². The van der Waals surface area contributed by atoms with E-state index < -0.39 is 5.82 Å². The molecule has 0 aliphatic carbocycles. The fourth-order valence-electron chi connectivity index (χ4n) is 2.75.